The first-order valence-electron chi connectivity index (χ1n) is 7.53. The fraction of sp³-hybridized carbons (Fsp3) is 0.0588. The Morgan fingerprint density at radius 3 is 2.73 bits per heavy atom. The number of furan rings is 1. The van der Waals surface area contributed by atoms with Crippen LogP contribution in [0.3, 0.4) is 0 Å². The lowest BCUT2D eigenvalue weighted by Gasteiger charge is -2.03. The highest BCUT2D eigenvalue weighted by molar-refractivity contribution is 7.13. The van der Waals surface area contributed by atoms with Crippen molar-refractivity contribution in [3.8, 4) is 28.1 Å². The van der Waals surface area contributed by atoms with Gasteiger partial charge in [0.15, 0.2) is 5.76 Å². The minimum Gasteiger partial charge on any atom is -0.486 e. The van der Waals surface area contributed by atoms with Crippen molar-refractivity contribution in [2.24, 2.45) is 0 Å². The quantitative estimate of drug-likeness (QED) is 0.363. The number of aromatic nitrogens is 2. The van der Waals surface area contributed by atoms with Crippen LogP contribution in [0.25, 0.3) is 22.4 Å². The Balaban J connectivity index is 1.42. The lowest BCUT2D eigenvalue weighted by Crippen LogP contribution is -1.94. The zero-order chi connectivity index (χ0) is 17.9. The Hall–Kier alpha value is -3.46. The standard InChI is InChI=1S/C17H11N3O5S/c21-20(22)11-3-5-12(6-4-11)23-10-13-7-8-14(24-13)17-18-16(19-25-17)15-2-1-9-26-15/h1-9H,10H2. The van der Waals surface area contributed by atoms with Crippen molar-refractivity contribution in [2.45, 2.75) is 6.61 Å². The van der Waals surface area contributed by atoms with E-state index in [1.54, 1.807) is 12.1 Å². The molecule has 0 aliphatic rings. The third-order valence-corrected chi connectivity index (χ3v) is 4.33. The third-order valence-electron chi connectivity index (χ3n) is 3.47. The molecule has 130 valence electrons. The Morgan fingerprint density at radius 2 is 2.00 bits per heavy atom. The van der Waals surface area contributed by atoms with E-state index in [1.165, 1.54) is 35.6 Å². The molecule has 0 bridgehead atoms. The van der Waals surface area contributed by atoms with E-state index in [4.69, 9.17) is 13.7 Å². The average Bonchev–Trinajstić information content (AvgIpc) is 3.40. The molecule has 0 amide bonds. The molecule has 1 aromatic carbocycles. The van der Waals surface area contributed by atoms with E-state index in [9.17, 15) is 10.1 Å². The molecule has 0 fully saturated rings. The second-order valence-electron chi connectivity index (χ2n) is 5.21. The van der Waals surface area contributed by atoms with Crippen LogP contribution in [-0.2, 0) is 6.61 Å². The van der Waals surface area contributed by atoms with Crippen LogP contribution in [0.1, 0.15) is 5.76 Å². The normalized spacial score (nSPS) is 10.8. The number of rotatable bonds is 6. The number of ether oxygens (including phenoxy) is 1. The highest BCUT2D eigenvalue weighted by Crippen LogP contribution is 2.27. The van der Waals surface area contributed by atoms with Gasteiger partial charge >= 0.3 is 0 Å². The second-order valence-corrected chi connectivity index (χ2v) is 6.15. The Labute approximate surface area is 150 Å². The molecule has 26 heavy (non-hydrogen) atoms. The number of hydrogen-bond acceptors (Lipinski definition) is 8. The van der Waals surface area contributed by atoms with Crippen LogP contribution in [-0.4, -0.2) is 15.1 Å². The second kappa shape index (κ2) is 6.81. The Bertz CT molecular complexity index is 1020. The summed E-state index contributed by atoms with van der Waals surface area (Å²) in [6, 6.07) is 13.1. The van der Waals surface area contributed by atoms with Crippen molar-refractivity contribution >= 4 is 17.0 Å². The first-order valence-corrected chi connectivity index (χ1v) is 8.41. The number of nitro groups is 1. The summed E-state index contributed by atoms with van der Waals surface area (Å²) in [4.78, 5) is 15.4. The molecule has 0 N–H and O–H groups in total. The number of thiophene rings is 1. The molecule has 0 saturated heterocycles. The van der Waals surface area contributed by atoms with Gasteiger partial charge in [-0.3, -0.25) is 10.1 Å². The molecule has 0 atom stereocenters. The van der Waals surface area contributed by atoms with Gasteiger partial charge in [0.25, 0.3) is 11.6 Å². The van der Waals surface area contributed by atoms with E-state index in [-0.39, 0.29) is 18.2 Å². The maximum atomic E-state index is 10.6. The van der Waals surface area contributed by atoms with E-state index in [0.29, 0.717) is 23.1 Å². The first kappa shape index (κ1) is 16.0. The van der Waals surface area contributed by atoms with Gasteiger partial charge in [0.2, 0.25) is 5.82 Å². The van der Waals surface area contributed by atoms with Crippen LogP contribution >= 0.6 is 11.3 Å². The van der Waals surface area contributed by atoms with E-state index in [0.717, 1.165) is 4.88 Å². The first-order chi connectivity index (χ1) is 12.7. The predicted molar refractivity (Wildman–Crippen MR) is 92.7 cm³/mol. The van der Waals surface area contributed by atoms with E-state index < -0.39 is 4.92 Å². The monoisotopic (exact) mass is 369 g/mol. The van der Waals surface area contributed by atoms with Gasteiger partial charge in [-0.05, 0) is 35.7 Å². The summed E-state index contributed by atoms with van der Waals surface area (Å²) < 4.78 is 16.5. The highest BCUT2D eigenvalue weighted by atomic mass is 32.1. The molecular formula is C17H11N3O5S. The Kier molecular flexibility index (Phi) is 4.20. The third kappa shape index (κ3) is 3.33. The maximum absolute atomic E-state index is 10.6. The van der Waals surface area contributed by atoms with Crippen molar-refractivity contribution in [1.82, 2.24) is 10.1 Å². The molecule has 3 heterocycles. The van der Waals surface area contributed by atoms with Crippen LogP contribution in [0.5, 0.6) is 5.75 Å². The number of non-ortho nitro benzene ring substituents is 1. The zero-order valence-electron chi connectivity index (χ0n) is 13.2. The van der Waals surface area contributed by atoms with Crippen LogP contribution < -0.4 is 4.74 Å². The van der Waals surface area contributed by atoms with E-state index in [1.807, 2.05) is 17.5 Å². The summed E-state index contributed by atoms with van der Waals surface area (Å²) in [7, 11) is 0. The molecule has 8 nitrogen and oxygen atoms in total. The molecule has 4 rings (SSSR count). The molecule has 0 spiro atoms. The fourth-order valence-electron chi connectivity index (χ4n) is 2.22. The number of benzene rings is 1. The molecule has 0 radical (unpaired) electrons. The topological polar surface area (TPSA) is 104 Å². The highest BCUT2D eigenvalue weighted by Gasteiger charge is 2.15. The molecule has 0 aliphatic carbocycles. The van der Waals surface area contributed by atoms with Gasteiger partial charge in [-0.1, -0.05) is 11.2 Å². The molecule has 3 aromatic heterocycles. The van der Waals surface area contributed by atoms with Gasteiger partial charge in [-0.25, -0.2) is 0 Å². The van der Waals surface area contributed by atoms with Crippen molar-refractivity contribution in [2.75, 3.05) is 0 Å². The lowest BCUT2D eigenvalue weighted by atomic mass is 10.3. The van der Waals surface area contributed by atoms with Crippen LogP contribution in [0.4, 0.5) is 5.69 Å². The number of nitrogens with zero attached hydrogens (tertiary/aromatic N) is 3. The molecule has 4 aromatic rings. The summed E-state index contributed by atoms with van der Waals surface area (Å²) >= 11 is 1.52. The van der Waals surface area contributed by atoms with E-state index >= 15 is 0 Å². The minimum absolute atomic E-state index is 0.00979. The average molecular weight is 369 g/mol. The Morgan fingerprint density at radius 1 is 1.15 bits per heavy atom. The van der Waals surface area contributed by atoms with Crippen molar-refractivity contribution in [3.05, 3.63) is 69.8 Å². The molecule has 9 heteroatoms. The zero-order valence-corrected chi connectivity index (χ0v) is 14.0. The summed E-state index contributed by atoms with van der Waals surface area (Å²) in [5, 5.41) is 16.5. The summed E-state index contributed by atoms with van der Waals surface area (Å²) in [6.45, 7) is 0.170. The molecular weight excluding hydrogens is 358 g/mol. The number of nitro benzene ring substituents is 1. The molecule has 0 saturated carbocycles. The predicted octanol–water partition coefficient (Wildman–Crippen LogP) is 4.55. The minimum atomic E-state index is -0.461. The SMILES string of the molecule is O=[N+]([O-])c1ccc(OCc2ccc(-c3nc(-c4cccs4)no3)o2)cc1. The lowest BCUT2D eigenvalue weighted by molar-refractivity contribution is -0.384. The van der Waals surface area contributed by atoms with Crippen molar-refractivity contribution in [3.63, 3.8) is 0 Å². The van der Waals surface area contributed by atoms with Gasteiger partial charge in [-0.2, -0.15) is 4.98 Å². The summed E-state index contributed by atoms with van der Waals surface area (Å²) in [6.07, 6.45) is 0. The number of hydrogen-bond donors (Lipinski definition) is 0. The summed E-state index contributed by atoms with van der Waals surface area (Å²) in [5.74, 6) is 2.31. The van der Waals surface area contributed by atoms with Crippen LogP contribution in [0.2, 0.25) is 0 Å². The van der Waals surface area contributed by atoms with Crippen molar-refractivity contribution in [1.29, 1.82) is 0 Å². The molecule has 0 unspecified atom stereocenters. The maximum Gasteiger partial charge on any atom is 0.293 e. The van der Waals surface area contributed by atoms with Gasteiger partial charge in [0, 0.05) is 12.1 Å². The summed E-state index contributed by atoms with van der Waals surface area (Å²) in [5.41, 5.74) is 0.00979. The van der Waals surface area contributed by atoms with Gasteiger partial charge < -0.3 is 13.7 Å². The smallest absolute Gasteiger partial charge is 0.293 e. The van der Waals surface area contributed by atoms with Crippen LogP contribution in [0, 0.1) is 10.1 Å². The fourth-order valence-corrected chi connectivity index (χ4v) is 2.87. The van der Waals surface area contributed by atoms with Gasteiger partial charge in [0.05, 0.1) is 9.80 Å². The largest absolute Gasteiger partial charge is 0.486 e. The van der Waals surface area contributed by atoms with Crippen LogP contribution in [0.15, 0.2) is 62.9 Å². The van der Waals surface area contributed by atoms with Gasteiger partial charge in [-0.15, -0.1) is 11.3 Å². The molecule has 0 aliphatic heterocycles. The van der Waals surface area contributed by atoms with Gasteiger partial charge in [0.1, 0.15) is 18.1 Å². The van der Waals surface area contributed by atoms with E-state index in [2.05, 4.69) is 10.1 Å². The van der Waals surface area contributed by atoms with Crippen molar-refractivity contribution < 1.29 is 18.6 Å².